The Hall–Kier alpha value is -0.810. The van der Waals surface area contributed by atoms with Crippen LogP contribution in [0, 0.1) is 0 Å². The highest BCUT2D eigenvalue weighted by Gasteiger charge is 2.29. The topological polar surface area (TPSA) is 53.6 Å². The Labute approximate surface area is 122 Å². The van der Waals surface area contributed by atoms with Gasteiger partial charge in [-0.2, -0.15) is 0 Å². The Bertz CT molecular complexity index is 291. The van der Waals surface area contributed by atoms with Crippen LogP contribution in [0.1, 0.15) is 44.9 Å². The third-order valence-electron chi connectivity index (χ3n) is 4.49. The van der Waals surface area contributed by atoms with Crippen LogP contribution >= 0.6 is 0 Å². The molecule has 0 aromatic carbocycles. The fourth-order valence-electron chi connectivity index (χ4n) is 3.36. The van der Waals surface area contributed by atoms with Gasteiger partial charge >= 0.3 is 6.03 Å². The molecule has 0 aromatic rings. The van der Waals surface area contributed by atoms with Crippen LogP contribution in [0.25, 0.3) is 0 Å². The average Bonchev–Trinajstić information content (AvgIpc) is 2.73. The van der Waals surface area contributed by atoms with Crippen LogP contribution in [-0.2, 0) is 4.74 Å². The van der Waals surface area contributed by atoms with Crippen LogP contribution in [0.3, 0.4) is 0 Å². The van der Waals surface area contributed by atoms with Gasteiger partial charge in [0.2, 0.25) is 0 Å². The molecule has 1 saturated heterocycles. The Kier molecular flexibility index (Phi) is 6.60. The molecule has 5 heteroatoms. The maximum atomic E-state index is 11.7. The van der Waals surface area contributed by atoms with Gasteiger partial charge in [-0.15, -0.1) is 0 Å². The van der Waals surface area contributed by atoms with E-state index in [2.05, 4.69) is 15.5 Å². The van der Waals surface area contributed by atoms with Gasteiger partial charge in [-0.25, -0.2) is 4.79 Å². The predicted molar refractivity (Wildman–Crippen MR) is 79.9 cm³/mol. The third kappa shape index (κ3) is 4.94. The van der Waals surface area contributed by atoms with Crippen LogP contribution in [-0.4, -0.2) is 56.4 Å². The van der Waals surface area contributed by atoms with E-state index in [1.165, 1.54) is 38.5 Å². The lowest BCUT2D eigenvalue weighted by molar-refractivity contribution is 0.194. The van der Waals surface area contributed by atoms with Crippen molar-refractivity contribution in [2.45, 2.75) is 57.0 Å². The lowest BCUT2D eigenvalue weighted by Gasteiger charge is -2.26. The molecular formula is C15H29N3O2. The van der Waals surface area contributed by atoms with E-state index in [1.54, 1.807) is 7.11 Å². The molecule has 2 N–H and O–H groups in total. The normalized spacial score (nSPS) is 25.4. The summed E-state index contributed by atoms with van der Waals surface area (Å²) in [5.41, 5.74) is 0. The molecule has 0 radical (unpaired) electrons. The summed E-state index contributed by atoms with van der Waals surface area (Å²) in [6.45, 7) is 3.28. The molecule has 20 heavy (non-hydrogen) atoms. The van der Waals surface area contributed by atoms with Gasteiger partial charge in [0.1, 0.15) is 0 Å². The van der Waals surface area contributed by atoms with Crippen LogP contribution < -0.4 is 10.6 Å². The molecule has 2 fully saturated rings. The van der Waals surface area contributed by atoms with Gasteiger partial charge in [0, 0.05) is 38.8 Å². The molecular weight excluding hydrogens is 254 g/mol. The second-order valence-electron chi connectivity index (χ2n) is 6.02. The second-order valence-corrected chi connectivity index (χ2v) is 6.02. The lowest BCUT2D eigenvalue weighted by atomic mass is 10.1. The minimum absolute atomic E-state index is 0.0604. The van der Waals surface area contributed by atoms with E-state index in [0.717, 1.165) is 25.6 Å². The van der Waals surface area contributed by atoms with Crippen LogP contribution in [0.5, 0.6) is 0 Å². The van der Waals surface area contributed by atoms with Gasteiger partial charge in [-0.05, 0) is 19.3 Å². The number of amides is 2. The van der Waals surface area contributed by atoms with Gasteiger partial charge in [0.15, 0.2) is 0 Å². The number of nitrogens with zero attached hydrogens (tertiary/aromatic N) is 1. The Morgan fingerprint density at radius 1 is 1.20 bits per heavy atom. The van der Waals surface area contributed by atoms with Crippen molar-refractivity contribution in [2.75, 3.05) is 33.4 Å². The third-order valence-corrected chi connectivity index (χ3v) is 4.49. The monoisotopic (exact) mass is 283 g/mol. The minimum Gasteiger partial charge on any atom is -0.383 e. The van der Waals surface area contributed by atoms with Crippen LogP contribution in [0.15, 0.2) is 0 Å². The molecule has 1 saturated carbocycles. The molecule has 2 amide bonds. The zero-order valence-electron chi connectivity index (χ0n) is 12.7. The molecule has 1 aliphatic carbocycles. The number of likely N-dealkylation sites (tertiary alicyclic amines) is 1. The summed E-state index contributed by atoms with van der Waals surface area (Å²) in [6, 6.07) is 0.997. The first-order valence-corrected chi connectivity index (χ1v) is 8.07. The zero-order valence-corrected chi connectivity index (χ0v) is 12.7. The zero-order chi connectivity index (χ0) is 14.2. The number of methoxy groups -OCH3 is 1. The highest BCUT2D eigenvalue weighted by Crippen LogP contribution is 2.24. The summed E-state index contributed by atoms with van der Waals surface area (Å²) < 4.78 is 4.92. The maximum Gasteiger partial charge on any atom is 0.315 e. The van der Waals surface area contributed by atoms with Gasteiger partial charge in [-0.3, -0.25) is 4.90 Å². The molecule has 1 aliphatic heterocycles. The van der Waals surface area contributed by atoms with E-state index in [4.69, 9.17) is 4.74 Å². The first-order valence-electron chi connectivity index (χ1n) is 8.07. The Balaban J connectivity index is 1.67. The second kappa shape index (κ2) is 8.47. The standard InChI is InChI=1S/C15H29N3O2/c1-20-11-9-16-15(19)17-13-8-10-18(12-13)14-6-4-2-3-5-7-14/h13-14H,2-12H2,1H3,(H2,16,17,19)/t13-/m0/s1. The molecule has 0 unspecified atom stereocenters. The van der Waals surface area contributed by atoms with Crippen LogP contribution in [0.2, 0.25) is 0 Å². The van der Waals surface area contributed by atoms with Crippen molar-refractivity contribution in [1.82, 2.24) is 15.5 Å². The van der Waals surface area contributed by atoms with Gasteiger partial charge in [0.05, 0.1) is 6.61 Å². The SMILES string of the molecule is COCCNC(=O)N[C@H]1CCN(C2CCCCCC2)C1. The number of nitrogens with one attached hydrogen (secondary N) is 2. The molecule has 1 atom stereocenters. The molecule has 0 bridgehead atoms. The van der Waals surface area contributed by atoms with Gasteiger partial charge in [-0.1, -0.05) is 25.7 Å². The van der Waals surface area contributed by atoms with Crippen molar-refractivity contribution in [2.24, 2.45) is 0 Å². The summed E-state index contributed by atoms with van der Waals surface area (Å²) in [4.78, 5) is 14.3. The van der Waals surface area contributed by atoms with E-state index in [-0.39, 0.29) is 6.03 Å². The van der Waals surface area contributed by atoms with Crippen molar-refractivity contribution < 1.29 is 9.53 Å². The largest absolute Gasteiger partial charge is 0.383 e. The number of ether oxygens (including phenoxy) is 1. The molecule has 2 rings (SSSR count). The van der Waals surface area contributed by atoms with Crippen molar-refractivity contribution in [1.29, 1.82) is 0 Å². The van der Waals surface area contributed by atoms with E-state index in [0.29, 0.717) is 19.2 Å². The van der Waals surface area contributed by atoms with E-state index in [1.807, 2.05) is 0 Å². The van der Waals surface area contributed by atoms with Crippen molar-refractivity contribution in [3.05, 3.63) is 0 Å². The molecule has 0 spiro atoms. The number of hydrogen-bond donors (Lipinski definition) is 2. The Morgan fingerprint density at radius 3 is 2.65 bits per heavy atom. The number of carbonyl (C=O) groups excluding carboxylic acids is 1. The van der Waals surface area contributed by atoms with E-state index in [9.17, 15) is 4.79 Å². The predicted octanol–water partition coefficient (Wildman–Crippen LogP) is 1.73. The number of urea groups is 1. The lowest BCUT2D eigenvalue weighted by Crippen LogP contribution is -2.45. The van der Waals surface area contributed by atoms with E-state index < -0.39 is 0 Å². The summed E-state index contributed by atoms with van der Waals surface area (Å²) in [6.07, 6.45) is 9.29. The first-order chi connectivity index (χ1) is 9.79. The quantitative estimate of drug-likeness (QED) is 0.597. The molecule has 2 aliphatic rings. The highest BCUT2D eigenvalue weighted by atomic mass is 16.5. The fourth-order valence-corrected chi connectivity index (χ4v) is 3.36. The maximum absolute atomic E-state index is 11.7. The van der Waals surface area contributed by atoms with Crippen molar-refractivity contribution >= 4 is 6.03 Å². The highest BCUT2D eigenvalue weighted by molar-refractivity contribution is 5.74. The smallest absolute Gasteiger partial charge is 0.315 e. The molecule has 116 valence electrons. The van der Waals surface area contributed by atoms with Gasteiger partial charge < -0.3 is 15.4 Å². The van der Waals surface area contributed by atoms with Crippen molar-refractivity contribution in [3.63, 3.8) is 0 Å². The van der Waals surface area contributed by atoms with Crippen LogP contribution in [0.4, 0.5) is 4.79 Å². The average molecular weight is 283 g/mol. The number of carbonyl (C=O) groups is 1. The van der Waals surface area contributed by atoms with Crippen molar-refractivity contribution in [3.8, 4) is 0 Å². The first kappa shape index (κ1) is 15.6. The molecule has 0 aromatic heterocycles. The molecule has 1 heterocycles. The fraction of sp³-hybridized carbons (Fsp3) is 0.933. The number of rotatable bonds is 5. The molecule has 5 nitrogen and oxygen atoms in total. The number of hydrogen-bond acceptors (Lipinski definition) is 3. The summed E-state index contributed by atoms with van der Waals surface area (Å²) in [5, 5.41) is 5.90. The Morgan fingerprint density at radius 2 is 1.95 bits per heavy atom. The summed E-state index contributed by atoms with van der Waals surface area (Å²) in [7, 11) is 1.64. The van der Waals surface area contributed by atoms with E-state index >= 15 is 0 Å². The summed E-state index contributed by atoms with van der Waals surface area (Å²) >= 11 is 0. The van der Waals surface area contributed by atoms with Gasteiger partial charge in [0.25, 0.3) is 0 Å². The minimum atomic E-state index is -0.0604. The summed E-state index contributed by atoms with van der Waals surface area (Å²) in [5.74, 6) is 0.